The molecule has 2 aliphatic rings. The number of tetrazole rings is 1. The van der Waals surface area contributed by atoms with Gasteiger partial charge in [0.25, 0.3) is 5.91 Å². The van der Waals surface area contributed by atoms with Crippen LogP contribution in [-0.2, 0) is 16.0 Å². The van der Waals surface area contributed by atoms with E-state index in [4.69, 9.17) is 5.73 Å². The molecule has 1 saturated heterocycles. The van der Waals surface area contributed by atoms with Gasteiger partial charge in [-0.25, -0.2) is 0 Å². The van der Waals surface area contributed by atoms with Crippen molar-refractivity contribution < 1.29 is 14.4 Å². The van der Waals surface area contributed by atoms with E-state index in [1.807, 2.05) is 43.3 Å². The first kappa shape index (κ1) is 35.9. The number of rotatable bonds is 11. The van der Waals surface area contributed by atoms with Gasteiger partial charge in [-0.15, -0.1) is 10.2 Å². The highest BCUT2D eigenvalue weighted by Crippen LogP contribution is 2.30. The molecule has 2 fully saturated rings. The van der Waals surface area contributed by atoms with E-state index in [1.165, 1.54) is 0 Å². The van der Waals surface area contributed by atoms with Crippen LogP contribution in [-0.4, -0.2) is 82.0 Å². The van der Waals surface area contributed by atoms with Gasteiger partial charge in [0.2, 0.25) is 17.6 Å². The van der Waals surface area contributed by atoms with Gasteiger partial charge in [0, 0.05) is 35.2 Å². The molecule has 6 rings (SSSR count). The van der Waals surface area contributed by atoms with E-state index in [2.05, 4.69) is 55.4 Å². The molecule has 1 atom stereocenters. The fourth-order valence-corrected chi connectivity index (χ4v) is 7.14. The van der Waals surface area contributed by atoms with Crippen LogP contribution >= 0.6 is 0 Å². The summed E-state index contributed by atoms with van der Waals surface area (Å²) in [5, 5.41) is 23.3. The summed E-state index contributed by atoms with van der Waals surface area (Å²) < 4.78 is 0. The Labute approximate surface area is 299 Å². The molecule has 12 heteroatoms. The molecule has 268 valence electrons. The number of benzene rings is 3. The van der Waals surface area contributed by atoms with Gasteiger partial charge in [0.05, 0.1) is 0 Å². The number of likely N-dealkylation sites (tertiary alicyclic amines) is 1. The van der Waals surface area contributed by atoms with Crippen molar-refractivity contribution in [2.45, 2.75) is 70.9 Å². The number of aromatic amines is 1. The van der Waals surface area contributed by atoms with E-state index in [9.17, 15) is 14.4 Å². The van der Waals surface area contributed by atoms with Crippen molar-refractivity contribution in [3.05, 3.63) is 82.9 Å². The van der Waals surface area contributed by atoms with Crippen LogP contribution in [0.15, 0.2) is 60.7 Å². The minimum Gasteiger partial charge on any atom is -0.349 e. The summed E-state index contributed by atoms with van der Waals surface area (Å²) in [6.45, 7) is 6.70. The predicted octanol–water partition coefficient (Wildman–Crippen LogP) is 4.41. The first-order valence-electron chi connectivity index (χ1n) is 18.0. The monoisotopic (exact) mass is 691 g/mol. The topological polar surface area (TPSA) is 171 Å². The lowest BCUT2D eigenvalue weighted by Crippen LogP contribution is -2.48. The Balaban J connectivity index is 1.17. The Hall–Kier alpha value is -4.94. The van der Waals surface area contributed by atoms with Gasteiger partial charge in [-0.3, -0.25) is 14.4 Å². The van der Waals surface area contributed by atoms with Crippen molar-refractivity contribution in [3.8, 4) is 22.5 Å². The molecule has 0 radical (unpaired) electrons. The summed E-state index contributed by atoms with van der Waals surface area (Å²) in [5.41, 5.74) is 12.9. The number of piperidine rings is 1. The maximum Gasteiger partial charge on any atom is 0.251 e. The number of H-pyrrole nitrogens is 1. The molecule has 0 unspecified atom stereocenters. The van der Waals surface area contributed by atoms with Crippen molar-refractivity contribution in [2.75, 3.05) is 32.0 Å². The van der Waals surface area contributed by atoms with Crippen LogP contribution in [0.4, 0.5) is 5.69 Å². The first-order chi connectivity index (χ1) is 24.7. The van der Waals surface area contributed by atoms with Gasteiger partial charge in [0.15, 0.2) is 0 Å². The highest BCUT2D eigenvalue weighted by atomic mass is 16.2. The second kappa shape index (κ2) is 16.4. The number of anilines is 1. The third-order valence-corrected chi connectivity index (χ3v) is 10.6. The number of nitrogens with two attached hydrogens (primary N) is 1. The van der Waals surface area contributed by atoms with Gasteiger partial charge in [-0.05, 0) is 154 Å². The van der Waals surface area contributed by atoms with E-state index >= 15 is 0 Å². The molecular formula is C39H49N9O3. The molecule has 3 amide bonds. The van der Waals surface area contributed by atoms with Gasteiger partial charge < -0.3 is 26.6 Å². The summed E-state index contributed by atoms with van der Waals surface area (Å²) in [6.07, 6.45) is 5.57. The molecule has 6 N–H and O–H groups in total. The van der Waals surface area contributed by atoms with Gasteiger partial charge in [-0.2, -0.15) is 5.21 Å². The number of carbonyl (C=O) groups is 3. The Morgan fingerprint density at radius 1 is 0.922 bits per heavy atom. The van der Waals surface area contributed by atoms with E-state index in [0.717, 1.165) is 85.0 Å². The molecule has 51 heavy (non-hydrogen) atoms. The minimum atomic E-state index is -0.789. The van der Waals surface area contributed by atoms with Gasteiger partial charge in [-0.1, -0.05) is 24.3 Å². The molecule has 0 bridgehead atoms. The largest absolute Gasteiger partial charge is 0.349 e. The molecule has 4 aromatic rings. The van der Waals surface area contributed by atoms with E-state index in [0.29, 0.717) is 36.0 Å². The minimum absolute atomic E-state index is 0.0453. The number of nitrogens with zero attached hydrogens (tertiary/aromatic N) is 4. The van der Waals surface area contributed by atoms with Crippen LogP contribution in [0.1, 0.15) is 65.6 Å². The fourth-order valence-electron chi connectivity index (χ4n) is 7.14. The number of aryl methyl sites for hydroxylation is 1. The molecular weight excluding hydrogens is 642 g/mol. The Kier molecular flexibility index (Phi) is 11.5. The quantitative estimate of drug-likeness (QED) is 0.154. The lowest BCUT2D eigenvalue weighted by molar-refractivity contribution is -0.130. The third kappa shape index (κ3) is 9.05. The molecule has 1 aliphatic carbocycles. The van der Waals surface area contributed by atoms with Crippen LogP contribution in [0.25, 0.3) is 22.5 Å². The standard InChI is InChI=1S/C39H49N9O3/c1-24-20-31(38(50)41-33-16-18-48(3)19-17-33)22-34(25(24)2)28-8-4-26(5-9-28)21-35(43-37(49)30-10-6-27(23-40)7-11-30)39(51)42-32-14-12-29(13-15-32)36-44-46-47-45-36/h4-5,8-9,12-15,20,22,27,30,33,35H,6-7,10-11,16-19,21,23,40H2,1-3H3,(H,41,50)(H,42,51)(H,43,49)(H,44,45,46,47)/t27-,30-,35-/m0/s1. The van der Waals surface area contributed by atoms with Crippen molar-refractivity contribution in [2.24, 2.45) is 17.6 Å². The number of amides is 3. The molecule has 1 aromatic heterocycles. The second-order valence-corrected chi connectivity index (χ2v) is 14.2. The molecule has 0 spiro atoms. The van der Waals surface area contributed by atoms with Crippen LogP contribution in [0.3, 0.4) is 0 Å². The number of aromatic nitrogens is 4. The summed E-state index contributed by atoms with van der Waals surface area (Å²) in [6, 6.07) is 18.5. The highest BCUT2D eigenvalue weighted by molar-refractivity contribution is 5.98. The van der Waals surface area contributed by atoms with E-state index < -0.39 is 6.04 Å². The van der Waals surface area contributed by atoms with Crippen molar-refractivity contribution >= 4 is 23.4 Å². The zero-order valence-electron chi connectivity index (χ0n) is 29.7. The van der Waals surface area contributed by atoms with Crippen molar-refractivity contribution in [1.29, 1.82) is 0 Å². The lowest BCUT2D eigenvalue weighted by Gasteiger charge is -2.29. The zero-order valence-corrected chi connectivity index (χ0v) is 29.7. The van der Waals surface area contributed by atoms with Crippen LogP contribution < -0.4 is 21.7 Å². The molecule has 1 saturated carbocycles. The second-order valence-electron chi connectivity index (χ2n) is 14.2. The average Bonchev–Trinajstić information content (AvgIpc) is 3.69. The maximum atomic E-state index is 13.8. The Morgan fingerprint density at radius 3 is 2.25 bits per heavy atom. The van der Waals surface area contributed by atoms with Crippen LogP contribution in [0.5, 0.6) is 0 Å². The number of nitrogens with one attached hydrogen (secondary N) is 4. The summed E-state index contributed by atoms with van der Waals surface area (Å²) in [5.74, 6) is 0.315. The summed E-state index contributed by atoms with van der Waals surface area (Å²) in [4.78, 5) is 42.8. The molecule has 3 aromatic carbocycles. The van der Waals surface area contributed by atoms with Crippen LogP contribution in [0.2, 0.25) is 0 Å². The number of hydrogen-bond donors (Lipinski definition) is 5. The van der Waals surface area contributed by atoms with Gasteiger partial charge >= 0.3 is 0 Å². The molecule has 12 nitrogen and oxygen atoms in total. The first-order valence-corrected chi connectivity index (χ1v) is 18.0. The van der Waals surface area contributed by atoms with Gasteiger partial charge in [0.1, 0.15) is 6.04 Å². The molecule has 1 aliphatic heterocycles. The van der Waals surface area contributed by atoms with Crippen molar-refractivity contribution in [1.82, 2.24) is 36.2 Å². The Morgan fingerprint density at radius 2 is 1.61 bits per heavy atom. The maximum absolute atomic E-state index is 13.8. The summed E-state index contributed by atoms with van der Waals surface area (Å²) >= 11 is 0. The van der Waals surface area contributed by atoms with E-state index in [1.54, 1.807) is 24.3 Å². The lowest BCUT2D eigenvalue weighted by atomic mass is 9.81. The normalized spacial score (nSPS) is 18.9. The third-order valence-electron chi connectivity index (χ3n) is 10.6. The average molecular weight is 692 g/mol. The smallest absolute Gasteiger partial charge is 0.251 e. The summed E-state index contributed by atoms with van der Waals surface area (Å²) in [7, 11) is 2.11. The van der Waals surface area contributed by atoms with Crippen molar-refractivity contribution in [3.63, 3.8) is 0 Å². The molecule has 2 heterocycles. The fraction of sp³-hybridized carbons (Fsp3) is 0.436. The van der Waals surface area contributed by atoms with Crippen LogP contribution in [0, 0.1) is 25.7 Å². The Bertz CT molecular complexity index is 1790. The predicted molar refractivity (Wildman–Crippen MR) is 198 cm³/mol. The number of hydrogen-bond acceptors (Lipinski definition) is 8. The number of carbonyl (C=O) groups excluding carboxylic acids is 3. The zero-order chi connectivity index (χ0) is 35.9. The SMILES string of the molecule is Cc1cc(C(=O)NC2CCN(C)CC2)cc(-c2ccc(C[C@H](NC(=O)[C@H]3CC[C@H](CN)CC3)C(=O)Nc3ccc(-c4nn[nH]n4)cc3)cc2)c1C. The highest BCUT2D eigenvalue weighted by Gasteiger charge is 2.29. The van der Waals surface area contributed by atoms with E-state index in [-0.39, 0.29) is 29.7 Å².